The number of ether oxygens (including phenoxy) is 1. The summed E-state index contributed by atoms with van der Waals surface area (Å²) in [6.07, 6.45) is 3.41. The number of hydrogen-bond donors (Lipinski definition) is 2. The fourth-order valence-corrected chi connectivity index (χ4v) is 4.09. The molecule has 0 fully saturated rings. The molecule has 0 saturated heterocycles. The number of carbonyl (C=O) groups excluding carboxylic acids is 2. The molecule has 7 heteroatoms. The Morgan fingerprint density at radius 2 is 2.03 bits per heavy atom. The first-order valence-electron chi connectivity index (χ1n) is 10.5. The quantitative estimate of drug-likeness (QED) is 0.654. The number of aromatic nitrogens is 2. The lowest BCUT2D eigenvalue weighted by atomic mass is 9.85. The maximum atomic E-state index is 12.8. The van der Waals surface area contributed by atoms with Gasteiger partial charge in [0, 0.05) is 12.5 Å². The number of benzene rings is 2. The lowest BCUT2D eigenvalue weighted by Crippen LogP contribution is -2.31. The summed E-state index contributed by atoms with van der Waals surface area (Å²) in [5.41, 5.74) is 5.12. The molecule has 0 saturated carbocycles. The molecule has 1 aromatic heterocycles. The molecule has 2 N–H and O–H groups in total. The number of rotatable bonds is 4. The minimum absolute atomic E-state index is 0.0192. The van der Waals surface area contributed by atoms with Crippen molar-refractivity contribution in [2.75, 3.05) is 19.0 Å². The first-order chi connectivity index (χ1) is 14.8. The highest BCUT2D eigenvalue weighted by Gasteiger charge is 2.26. The van der Waals surface area contributed by atoms with Crippen LogP contribution in [0.5, 0.6) is 0 Å². The van der Waals surface area contributed by atoms with E-state index in [1.54, 1.807) is 24.4 Å². The second-order valence-corrected chi connectivity index (χ2v) is 8.97. The summed E-state index contributed by atoms with van der Waals surface area (Å²) in [5, 5.41) is 10.9. The predicted molar refractivity (Wildman–Crippen MR) is 121 cm³/mol. The number of aryl methyl sites for hydroxylation is 1. The number of nitrogens with one attached hydrogen (secondary N) is 2. The third-order valence-corrected chi connectivity index (χ3v) is 5.76. The SMILES string of the molecule is COCC(=O)n1ncc2c(NC(=O)N[C@@H]3CCc4cc(C(C)(C)C)ccc43)cccc21. The van der Waals surface area contributed by atoms with Crippen molar-refractivity contribution in [2.24, 2.45) is 0 Å². The summed E-state index contributed by atoms with van der Waals surface area (Å²) in [5.74, 6) is -0.267. The number of carbonyl (C=O) groups is 2. The standard InChI is InChI=1S/C24H28N4O3/c1-24(2,3)16-9-10-17-15(12-16)8-11-20(17)27-23(30)26-19-6-5-7-21-18(19)13-25-28(21)22(29)14-31-4/h5-7,9-10,12-13,20H,8,11,14H2,1-4H3,(H2,26,27,30)/t20-/m1/s1. The Labute approximate surface area is 181 Å². The molecule has 0 aliphatic heterocycles. The van der Waals surface area contributed by atoms with Crippen molar-refractivity contribution >= 4 is 28.5 Å². The van der Waals surface area contributed by atoms with Crippen molar-refractivity contribution in [1.29, 1.82) is 0 Å². The molecular weight excluding hydrogens is 392 g/mol. The van der Waals surface area contributed by atoms with E-state index in [1.807, 2.05) is 0 Å². The molecule has 0 radical (unpaired) electrons. The van der Waals surface area contributed by atoms with Gasteiger partial charge in [0.2, 0.25) is 0 Å². The monoisotopic (exact) mass is 420 g/mol. The van der Waals surface area contributed by atoms with Gasteiger partial charge in [-0.2, -0.15) is 9.78 Å². The van der Waals surface area contributed by atoms with Gasteiger partial charge in [0.05, 0.1) is 23.4 Å². The number of urea groups is 1. The van der Waals surface area contributed by atoms with E-state index in [9.17, 15) is 9.59 Å². The van der Waals surface area contributed by atoms with Crippen LogP contribution in [-0.4, -0.2) is 35.4 Å². The molecule has 0 spiro atoms. The van der Waals surface area contributed by atoms with Crippen LogP contribution in [0.15, 0.2) is 42.6 Å². The highest BCUT2D eigenvalue weighted by atomic mass is 16.5. The molecule has 7 nitrogen and oxygen atoms in total. The molecule has 4 rings (SSSR count). The van der Waals surface area contributed by atoms with E-state index in [0.717, 1.165) is 12.8 Å². The molecule has 1 atom stereocenters. The second-order valence-electron chi connectivity index (χ2n) is 8.97. The minimum atomic E-state index is -0.277. The van der Waals surface area contributed by atoms with Gasteiger partial charge in [-0.25, -0.2) is 4.79 Å². The van der Waals surface area contributed by atoms with Crippen LogP contribution in [0.2, 0.25) is 0 Å². The van der Waals surface area contributed by atoms with Crippen molar-refractivity contribution in [2.45, 2.75) is 45.1 Å². The lowest BCUT2D eigenvalue weighted by Gasteiger charge is -2.21. The normalized spacial score (nSPS) is 15.7. The largest absolute Gasteiger partial charge is 0.375 e. The molecule has 2 aromatic carbocycles. The van der Waals surface area contributed by atoms with Gasteiger partial charge < -0.3 is 15.4 Å². The van der Waals surface area contributed by atoms with Crippen LogP contribution in [0.25, 0.3) is 10.9 Å². The Morgan fingerprint density at radius 1 is 1.23 bits per heavy atom. The number of fused-ring (bicyclic) bond motifs is 2. The fraction of sp³-hybridized carbons (Fsp3) is 0.375. The molecule has 1 aliphatic rings. The predicted octanol–water partition coefficient (Wildman–Crippen LogP) is 4.43. The maximum Gasteiger partial charge on any atom is 0.319 e. The zero-order chi connectivity index (χ0) is 22.2. The molecule has 1 heterocycles. The Kier molecular flexibility index (Phi) is 5.54. The van der Waals surface area contributed by atoms with E-state index in [2.05, 4.69) is 54.7 Å². The van der Waals surface area contributed by atoms with Crippen LogP contribution < -0.4 is 10.6 Å². The van der Waals surface area contributed by atoms with E-state index in [1.165, 1.54) is 28.5 Å². The Hall–Kier alpha value is -3.19. The van der Waals surface area contributed by atoms with Gasteiger partial charge in [-0.15, -0.1) is 0 Å². The average Bonchev–Trinajstić information content (AvgIpc) is 3.32. The summed E-state index contributed by atoms with van der Waals surface area (Å²) < 4.78 is 6.20. The van der Waals surface area contributed by atoms with Gasteiger partial charge in [0.15, 0.2) is 0 Å². The zero-order valence-electron chi connectivity index (χ0n) is 18.4. The van der Waals surface area contributed by atoms with Crippen LogP contribution in [0, 0.1) is 0 Å². The summed E-state index contributed by atoms with van der Waals surface area (Å²) >= 11 is 0. The van der Waals surface area contributed by atoms with E-state index in [4.69, 9.17) is 4.74 Å². The minimum Gasteiger partial charge on any atom is -0.375 e. The highest BCUT2D eigenvalue weighted by molar-refractivity contribution is 6.03. The van der Waals surface area contributed by atoms with E-state index in [-0.39, 0.29) is 30.0 Å². The zero-order valence-corrected chi connectivity index (χ0v) is 18.4. The fourth-order valence-electron chi connectivity index (χ4n) is 4.09. The summed E-state index contributed by atoms with van der Waals surface area (Å²) in [7, 11) is 1.46. The number of methoxy groups -OCH3 is 1. The smallest absolute Gasteiger partial charge is 0.319 e. The number of anilines is 1. The molecule has 1 aliphatic carbocycles. The van der Waals surface area contributed by atoms with Crippen molar-refractivity contribution in [3.05, 3.63) is 59.3 Å². The maximum absolute atomic E-state index is 12.8. The van der Waals surface area contributed by atoms with Crippen LogP contribution in [0.4, 0.5) is 10.5 Å². The van der Waals surface area contributed by atoms with Crippen molar-refractivity contribution in [3.8, 4) is 0 Å². The van der Waals surface area contributed by atoms with Crippen LogP contribution in [-0.2, 0) is 16.6 Å². The molecule has 0 unspecified atom stereocenters. The second kappa shape index (κ2) is 8.15. The van der Waals surface area contributed by atoms with Gasteiger partial charge in [-0.3, -0.25) is 4.79 Å². The van der Waals surface area contributed by atoms with Crippen molar-refractivity contribution in [3.63, 3.8) is 0 Å². The van der Waals surface area contributed by atoms with E-state index >= 15 is 0 Å². The molecule has 31 heavy (non-hydrogen) atoms. The Balaban J connectivity index is 1.50. The molecule has 0 bridgehead atoms. The average molecular weight is 421 g/mol. The summed E-state index contributed by atoms with van der Waals surface area (Å²) in [4.78, 5) is 24.9. The molecular formula is C24H28N4O3. The first-order valence-corrected chi connectivity index (χ1v) is 10.5. The number of hydrogen-bond acceptors (Lipinski definition) is 4. The van der Waals surface area contributed by atoms with Crippen LogP contribution >= 0.6 is 0 Å². The topological polar surface area (TPSA) is 85.2 Å². The number of amides is 2. The first kappa shape index (κ1) is 21.1. The van der Waals surface area contributed by atoms with Gasteiger partial charge in [-0.05, 0) is 47.1 Å². The highest BCUT2D eigenvalue weighted by Crippen LogP contribution is 2.34. The van der Waals surface area contributed by atoms with Gasteiger partial charge >= 0.3 is 6.03 Å². The molecule has 2 amide bonds. The molecule has 3 aromatic rings. The summed E-state index contributed by atoms with van der Waals surface area (Å²) in [6, 6.07) is 11.6. The van der Waals surface area contributed by atoms with Crippen molar-refractivity contribution in [1.82, 2.24) is 15.1 Å². The van der Waals surface area contributed by atoms with E-state index < -0.39 is 0 Å². The third kappa shape index (κ3) is 4.18. The Morgan fingerprint density at radius 3 is 2.77 bits per heavy atom. The van der Waals surface area contributed by atoms with Crippen molar-refractivity contribution < 1.29 is 14.3 Å². The van der Waals surface area contributed by atoms with Gasteiger partial charge in [0.25, 0.3) is 5.91 Å². The number of nitrogens with zero attached hydrogens (tertiary/aromatic N) is 2. The summed E-state index contributed by atoms with van der Waals surface area (Å²) in [6.45, 7) is 6.56. The van der Waals surface area contributed by atoms with Crippen LogP contribution in [0.1, 0.15) is 54.7 Å². The lowest BCUT2D eigenvalue weighted by molar-refractivity contribution is 0.0751. The molecule has 162 valence electrons. The van der Waals surface area contributed by atoms with E-state index in [0.29, 0.717) is 16.6 Å². The van der Waals surface area contributed by atoms with Gasteiger partial charge in [-0.1, -0.05) is 45.0 Å². The van der Waals surface area contributed by atoms with Crippen LogP contribution in [0.3, 0.4) is 0 Å². The Bertz CT molecular complexity index is 1140. The third-order valence-electron chi connectivity index (χ3n) is 5.76. The van der Waals surface area contributed by atoms with Gasteiger partial charge in [0.1, 0.15) is 6.61 Å².